The van der Waals surface area contributed by atoms with Crippen LogP contribution in [0.25, 0.3) is 32.6 Å². The fraction of sp³-hybridized carbons (Fsp3) is 0.250. The summed E-state index contributed by atoms with van der Waals surface area (Å²) < 4.78 is 32.8. The van der Waals surface area contributed by atoms with Gasteiger partial charge in [-0.25, -0.2) is 15.0 Å². The number of rotatable bonds is 10. The van der Waals surface area contributed by atoms with E-state index in [4.69, 9.17) is 27.9 Å². The van der Waals surface area contributed by atoms with Crippen molar-refractivity contribution in [2.75, 3.05) is 11.9 Å². The molecule has 1 aliphatic heterocycles. The monoisotopic (exact) mass is 668 g/mol. The summed E-state index contributed by atoms with van der Waals surface area (Å²) in [7, 11) is 0. The summed E-state index contributed by atoms with van der Waals surface area (Å²) in [5.41, 5.74) is 4.78. The number of nitrogens with one attached hydrogen (secondary N) is 3. The van der Waals surface area contributed by atoms with E-state index < -0.39 is 6.61 Å². The summed E-state index contributed by atoms with van der Waals surface area (Å²) in [6.07, 6.45) is 2.92. The molecule has 232 valence electrons. The van der Waals surface area contributed by atoms with Crippen LogP contribution in [-0.2, 0) is 11.3 Å². The van der Waals surface area contributed by atoms with Crippen molar-refractivity contribution >= 4 is 62.2 Å². The molecule has 3 N–H and O–H groups in total. The van der Waals surface area contributed by atoms with Gasteiger partial charge in [0.1, 0.15) is 5.52 Å². The molecule has 1 saturated heterocycles. The van der Waals surface area contributed by atoms with Crippen LogP contribution in [0, 0.1) is 13.8 Å². The minimum Gasteiger partial charge on any atom is -0.417 e. The third-order valence-corrected chi connectivity index (χ3v) is 9.27. The molecule has 1 unspecified atom stereocenters. The van der Waals surface area contributed by atoms with Crippen LogP contribution in [0.5, 0.6) is 5.88 Å². The van der Waals surface area contributed by atoms with Crippen LogP contribution in [-0.4, -0.2) is 40.1 Å². The highest BCUT2D eigenvalue weighted by molar-refractivity contribution is 7.18. The van der Waals surface area contributed by atoms with Gasteiger partial charge in [-0.05, 0) is 44.0 Å². The highest BCUT2D eigenvalue weighted by Gasteiger charge is 2.22. The minimum absolute atomic E-state index is 0.00644. The van der Waals surface area contributed by atoms with Gasteiger partial charge < -0.3 is 20.7 Å². The highest BCUT2D eigenvalue weighted by Crippen LogP contribution is 2.42. The van der Waals surface area contributed by atoms with Crippen LogP contribution in [0.1, 0.15) is 29.0 Å². The lowest BCUT2D eigenvalue weighted by atomic mass is 9.99. The van der Waals surface area contributed by atoms with E-state index in [1.807, 2.05) is 43.3 Å². The van der Waals surface area contributed by atoms with E-state index in [9.17, 15) is 13.6 Å². The number of halogens is 4. The van der Waals surface area contributed by atoms with Crippen molar-refractivity contribution in [3.05, 3.63) is 80.9 Å². The van der Waals surface area contributed by atoms with Gasteiger partial charge in [-0.15, -0.1) is 11.3 Å². The number of benzene rings is 2. The number of pyridine rings is 2. The van der Waals surface area contributed by atoms with E-state index in [1.165, 1.54) is 0 Å². The van der Waals surface area contributed by atoms with Crippen LogP contribution in [0.15, 0.2) is 54.7 Å². The first-order chi connectivity index (χ1) is 21.7. The molecule has 1 atom stereocenters. The average Bonchev–Trinajstić information content (AvgIpc) is 3.60. The molecule has 0 aliphatic carbocycles. The Bertz CT molecular complexity index is 1900. The maximum absolute atomic E-state index is 13.5. The fourth-order valence-corrected chi connectivity index (χ4v) is 6.79. The lowest BCUT2D eigenvalue weighted by molar-refractivity contribution is -0.119. The Balaban J connectivity index is 1.31. The molecule has 0 spiro atoms. The zero-order chi connectivity index (χ0) is 31.7. The van der Waals surface area contributed by atoms with Crippen LogP contribution in [0.4, 0.5) is 20.3 Å². The fourth-order valence-electron chi connectivity index (χ4n) is 5.37. The van der Waals surface area contributed by atoms with E-state index in [1.54, 1.807) is 36.6 Å². The number of hydrogen-bond donors (Lipinski definition) is 3. The van der Waals surface area contributed by atoms with E-state index in [0.29, 0.717) is 68.0 Å². The van der Waals surface area contributed by atoms with Crippen molar-refractivity contribution in [3.63, 3.8) is 0 Å². The second kappa shape index (κ2) is 13.2. The molecule has 1 fully saturated rings. The van der Waals surface area contributed by atoms with Gasteiger partial charge in [0.15, 0.2) is 5.82 Å². The second-order valence-electron chi connectivity index (χ2n) is 10.6. The summed E-state index contributed by atoms with van der Waals surface area (Å²) in [4.78, 5) is 25.0. The molecular formula is C32H28Cl2F2N6O2S. The van der Waals surface area contributed by atoms with Gasteiger partial charge in [0, 0.05) is 54.0 Å². The normalized spacial score (nSPS) is 14.7. The van der Waals surface area contributed by atoms with Crippen molar-refractivity contribution in [2.24, 2.45) is 0 Å². The molecule has 2 aromatic carbocycles. The Labute approximate surface area is 272 Å². The molecule has 4 heterocycles. The summed E-state index contributed by atoms with van der Waals surface area (Å²) >= 11 is 15.5. The number of amides is 1. The second-order valence-corrected chi connectivity index (χ2v) is 12.6. The van der Waals surface area contributed by atoms with Crippen molar-refractivity contribution in [1.82, 2.24) is 25.6 Å². The molecule has 13 heteroatoms. The molecule has 8 nitrogen and oxygen atoms in total. The van der Waals surface area contributed by atoms with Gasteiger partial charge in [-0.1, -0.05) is 53.5 Å². The molecular weight excluding hydrogens is 641 g/mol. The van der Waals surface area contributed by atoms with Gasteiger partial charge in [0.25, 0.3) is 0 Å². The number of aromatic nitrogens is 3. The smallest absolute Gasteiger partial charge is 0.388 e. The third kappa shape index (κ3) is 6.72. The topological polar surface area (TPSA) is 101 Å². The van der Waals surface area contributed by atoms with Gasteiger partial charge in [-0.2, -0.15) is 8.78 Å². The van der Waals surface area contributed by atoms with Crippen LogP contribution >= 0.6 is 34.5 Å². The Morgan fingerprint density at radius 3 is 2.58 bits per heavy atom. The summed E-state index contributed by atoms with van der Waals surface area (Å²) in [6.45, 7) is 1.42. The molecule has 5 aromatic rings. The standard InChI is InChI=1S/C32H28Cl2F2N6O2S/c1-16-13-24(42-31(44-32(35)36)22(16)15-37-14-18-9-10-26(43)40-18)21-7-3-5-19(27(21)33)20-6-4-8-23(28(20)34)41-30-29-25(11-12-38-30)45-17(2)39-29/h3-8,11-13,18,32,37H,9-10,14-15H2,1-2H3,(H,38,41)(H,40,43). The SMILES string of the molecule is Cc1nc2c(Nc3cccc(-c4cccc(-c5cc(C)c(CNCC6CCC(=O)N6)c(OC(F)F)n5)c4Cl)c3Cl)nccc2s1. The van der Waals surface area contributed by atoms with Gasteiger partial charge in [0.2, 0.25) is 11.8 Å². The largest absolute Gasteiger partial charge is 0.417 e. The number of anilines is 2. The maximum Gasteiger partial charge on any atom is 0.388 e. The van der Waals surface area contributed by atoms with E-state index in [0.717, 1.165) is 21.6 Å². The van der Waals surface area contributed by atoms with Gasteiger partial charge >= 0.3 is 6.61 Å². The number of carbonyl (C=O) groups is 1. The first-order valence-electron chi connectivity index (χ1n) is 14.2. The number of alkyl halides is 2. The number of carbonyl (C=O) groups excluding carboxylic acids is 1. The van der Waals surface area contributed by atoms with Gasteiger partial charge in [0.05, 0.1) is 31.1 Å². The predicted octanol–water partition coefficient (Wildman–Crippen LogP) is 8.06. The Morgan fingerprint density at radius 1 is 1.07 bits per heavy atom. The van der Waals surface area contributed by atoms with E-state index in [-0.39, 0.29) is 24.4 Å². The summed E-state index contributed by atoms with van der Waals surface area (Å²) in [6, 6.07) is 14.7. The molecule has 0 saturated carbocycles. The Kier molecular flexibility index (Phi) is 9.14. The van der Waals surface area contributed by atoms with Crippen LogP contribution < -0.4 is 20.7 Å². The lowest BCUT2D eigenvalue weighted by Gasteiger charge is -2.18. The molecule has 3 aromatic heterocycles. The molecule has 1 aliphatic rings. The number of nitrogens with zero attached hydrogens (tertiary/aromatic N) is 3. The molecule has 0 bridgehead atoms. The zero-order valence-electron chi connectivity index (χ0n) is 24.3. The number of ether oxygens (including phenoxy) is 1. The van der Waals surface area contributed by atoms with E-state index in [2.05, 4.69) is 30.9 Å². The highest BCUT2D eigenvalue weighted by atomic mass is 35.5. The van der Waals surface area contributed by atoms with Crippen molar-refractivity contribution in [3.8, 4) is 28.3 Å². The van der Waals surface area contributed by atoms with Crippen LogP contribution in [0.3, 0.4) is 0 Å². The molecule has 0 radical (unpaired) electrons. The zero-order valence-corrected chi connectivity index (χ0v) is 26.6. The third-order valence-electron chi connectivity index (χ3n) is 7.52. The lowest BCUT2D eigenvalue weighted by Crippen LogP contribution is -2.35. The Morgan fingerprint density at radius 2 is 1.82 bits per heavy atom. The average molecular weight is 670 g/mol. The van der Waals surface area contributed by atoms with Crippen molar-refractivity contribution < 1.29 is 18.3 Å². The van der Waals surface area contributed by atoms with E-state index >= 15 is 0 Å². The molecule has 6 rings (SSSR count). The number of thiazole rings is 1. The number of hydrogen-bond acceptors (Lipinski definition) is 8. The molecule has 45 heavy (non-hydrogen) atoms. The minimum atomic E-state index is -3.07. The first kappa shape index (κ1) is 31.1. The summed E-state index contributed by atoms with van der Waals surface area (Å²) in [5, 5.41) is 11.1. The Hall–Kier alpha value is -3.90. The quantitative estimate of drug-likeness (QED) is 0.138. The van der Waals surface area contributed by atoms with Crippen molar-refractivity contribution in [1.29, 1.82) is 0 Å². The summed E-state index contributed by atoms with van der Waals surface area (Å²) in [5.74, 6) is 0.409. The predicted molar refractivity (Wildman–Crippen MR) is 175 cm³/mol. The number of fused-ring (bicyclic) bond motifs is 1. The number of aryl methyl sites for hydroxylation is 2. The molecule has 1 amide bonds. The maximum atomic E-state index is 13.5. The van der Waals surface area contributed by atoms with Crippen LogP contribution in [0.2, 0.25) is 10.0 Å². The van der Waals surface area contributed by atoms with Crippen molar-refractivity contribution in [2.45, 2.75) is 45.9 Å². The van der Waals surface area contributed by atoms with Gasteiger partial charge in [-0.3, -0.25) is 4.79 Å². The first-order valence-corrected chi connectivity index (χ1v) is 15.8.